The van der Waals surface area contributed by atoms with Crippen molar-refractivity contribution in [1.29, 1.82) is 0 Å². The molecule has 3 rings (SSSR count). The predicted octanol–water partition coefficient (Wildman–Crippen LogP) is 2.31. The Morgan fingerprint density at radius 2 is 1.96 bits per heavy atom. The minimum Gasteiger partial charge on any atom is -0.480 e. The number of benzene rings is 1. The molecule has 1 atom stereocenters. The molecule has 1 saturated heterocycles. The molecule has 1 unspecified atom stereocenters. The zero-order chi connectivity index (χ0) is 18.4. The van der Waals surface area contributed by atoms with Gasteiger partial charge in [0.15, 0.2) is 0 Å². The minimum atomic E-state index is -0.967. The Morgan fingerprint density at radius 1 is 1.28 bits per heavy atom. The van der Waals surface area contributed by atoms with Crippen LogP contribution in [-0.2, 0) is 18.4 Å². The van der Waals surface area contributed by atoms with E-state index in [0.717, 1.165) is 16.9 Å². The van der Waals surface area contributed by atoms with Gasteiger partial charge >= 0.3 is 12.0 Å². The number of carbonyl (C=O) groups excluding carboxylic acids is 1. The number of hydrogen-bond acceptors (Lipinski definition) is 3. The van der Waals surface area contributed by atoms with Gasteiger partial charge in [0.05, 0.1) is 17.6 Å². The maximum absolute atomic E-state index is 12.8. The SMILES string of the molecule is Cn1c(CN2CCN(C(C(=O)O)C(C)(C)C)C2=O)nc2ccccc21. The van der Waals surface area contributed by atoms with Crippen LogP contribution in [0.25, 0.3) is 11.0 Å². The van der Waals surface area contributed by atoms with Gasteiger partial charge in [-0.15, -0.1) is 0 Å². The van der Waals surface area contributed by atoms with Crippen molar-refractivity contribution in [2.45, 2.75) is 33.4 Å². The highest BCUT2D eigenvalue weighted by molar-refractivity contribution is 5.84. The van der Waals surface area contributed by atoms with Gasteiger partial charge in [-0.25, -0.2) is 14.6 Å². The largest absolute Gasteiger partial charge is 0.480 e. The van der Waals surface area contributed by atoms with Crippen LogP contribution >= 0.6 is 0 Å². The van der Waals surface area contributed by atoms with E-state index in [1.165, 1.54) is 4.90 Å². The maximum atomic E-state index is 12.8. The van der Waals surface area contributed by atoms with E-state index in [0.29, 0.717) is 19.6 Å². The molecule has 2 amide bonds. The maximum Gasteiger partial charge on any atom is 0.327 e. The van der Waals surface area contributed by atoms with Crippen molar-refractivity contribution in [3.63, 3.8) is 0 Å². The third-order valence-corrected chi connectivity index (χ3v) is 4.70. The predicted molar refractivity (Wildman–Crippen MR) is 94.1 cm³/mol. The van der Waals surface area contributed by atoms with Crippen molar-refractivity contribution in [2.75, 3.05) is 13.1 Å². The molecule has 7 heteroatoms. The van der Waals surface area contributed by atoms with Crippen molar-refractivity contribution >= 4 is 23.0 Å². The van der Waals surface area contributed by atoms with Crippen LogP contribution in [0.5, 0.6) is 0 Å². The van der Waals surface area contributed by atoms with E-state index in [9.17, 15) is 14.7 Å². The minimum absolute atomic E-state index is 0.241. The zero-order valence-electron chi connectivity index (χ0n) is 15.1. The summed E-state index contributed by atoms with van der Waals surface area (Å²) in [6.45, 7) is 6.81. The van der Waals surface area contributed by atoms with E-state index in [4.69, 9.17) is 0 Å². The lowest BCUT2D eigenvalue weighted by molar-refractivity contribution is -0.145. The number of carboxylic acid groups (broad SMARTS) is 1. The number of fused-ring (bicyclic) bond motifs is 1. The Bertz CT molecular complexity index is 821. The fourth-order valence-corrected chi connectivity index (χ4v) is 3.47. The van der Waals surface area contributed by atoms with Crippen LogP contribution in [0.1, 0.15) is 26.6 Å². The average Bonchev–Trinajstić information content (AvgIpc) is 3.01. The van der Waals surface area contributed by atoms with Crippen LogP contribution in [0.4, 0.5) is 4.79 Å². The Kier molecular flexibility index (Phi) is 4.18. The number of aryl methyl sites for hydroxylation is 1. The molecule has 0 saturated carbocycles. The molecule has 1 fully saturated rings. The smallest absolute Gasteiger partial charge is 0.327 e. The topological polar surface area (TPSA) is 78.7 Å². The fraction of sp³-hybridized carbons (Fsp3) is 0.500. The number of rotatable bonds is 4. The summed E-state index contributed by atoms with van der Waals surface area (Å²) in [6, 6.07) is 6.74. The number of imidazole rings is 1. The van der Waals surface area contributed by atoms with Gasteiger partial charge in [-0.3, -0.25) is 0 Å². The summed E-state index contributed by atoms with van der Waals surface area (Å²) in [7, 11) is 1.93. The zero-order valence-corrected chi connectivity index (χ0v) is 15.1. The molecule has 134 valence electrons. The van der Waals surface area contributed by atoms with Crippen LogP contribution in [0, 0.1) is 5.41 Å². The van der Waals surface area contributed by atoms with Crippen molar-refractivity contribution in [3.05, 3.63) is 30.1 Å². The van der Waals surface area contributed by atoms with Crippen molar-refractivity contribution in [1.82, 2.24) is 19.4 Å². The Balaban J connectivity index is 1.82. The lowest BCUT2D eigenvalue weighted by Crippen LogP contribution is -2.51. The van der Waals surface area contributed by atoms with Crippen LogP contribution in [-0.4, -0.2) is 55.6 Å². The van der Waals surface area contributed by atoms with Gasteiger partial charge in [0.2, 0.25) is 0 Å². The van der Waals surface area contributed by atoms with Crippen molar-refractivity contribution in [2.24, 2.45) is 12.5 Å². The Morgan fingerprint density at radius 3 is 2.56 bits per heavy atom. The van der Waals surface area contributed by atoms with Gasteiger partial charge < -0.3 is 19.5 Å². The second-order valence-corrected chi connectivity index (χ2v) is 7.58. The van der Waals surface area contributed by atoms with Gasteiger partial charge in [-0.1, -0.05) is 32.9 Å². The molecule has 0 radical (unpaired) electrons. The summed E-state index contributed by atoms with van der Waals surface area (Å²) in [5, 5.41) is 9.57. The van der Waals surface area contributed by atoms with E-state index < -0.39 is 17.4 Å². The highest BCUT2D eigenvalue weighted by Crippen LogP contribution is 2.28. The van der Waals surface area contributed by atoms with Crippen molar-refractivity contribution in [3.8, 4) is 0 Å². The summed E-state index contributed by atoms with van der Waals surface area (Å²) in [4.78, 5) is 32.2. The molecule has 2 aromatic rings. The molecule has 0 spiro atoms. The second-order valence-electron chi connectivity index (χ2n) is 7.58. The molecule has 1 aromatic carbocycles. The molecular formula is C18H24N4O3. The summed E-state index contributed by atoms with van der Waals surface area (Å²) in [6.07, 6.45) is 0. The molecule has 7 nitrogen and oxygen atoms in total. The Hall–Kier alpha value is -2.57. The molecule has 1 aromatic heterocycles. The van der Waals surface area contributed by atoms with Crippen molar-refractivity contribution < 1.29 is 14.7 Å². The van der Waals surface area contributed by atoms with Crippen LogP contribution < -0.4 is 0 Å². The molecule has 2 heterocycles. The number of aliphatic carboxylic acids is 1. The molecule has 0 bridgehead atoms. The van der Waals surface area contributed by atoms with Gasteiger partial charge in [0.1, 0.15) is 11.9 Å². The number of amides is 2. The highest BCUT2D eigenvalue weighted by Gasteiger charge is 2.43. The molecule has 1 aliphatic rings. The number of carboxylic acids is 1. The number of aromatic nitrogens is 2. The van der Waals surface area contributed by atoms with Gasteiger partial charge in [0, 0.05) is 20.1 Å². The third-order valence-electron chi connectivity index (χ3n) is 4.70. The third kappa shape index (κ3) is 3.06. The number of urea groups is 1. The number of nitrogens with zero attached hydrogens (tertiary/aromatic N) is 4. The normalized spacial score (nSPS) is 16.7. The van der Waals surface area contributed by atoms with E-state index >= 15 is 0 Å². The first-order valence-corrected chi connectivity index (χ1v) is 8.39. The first-order valence-electron chi connectivity index (χ1n) is 8.39. The molecule has 0 aliphatic carbocycles. The molecule has 1 aliphatic heterocycles. The standard InChI is InChI=1S/C18H24N4O3/c1-18(2,3)15(16(23)24)22-10-9-21(17(22)25)11-14-19-12-7-5-6-8-13(12)20(14)4/h5-8,15H,9-11H2,1-4H3,(H,23,24). The average molecular weight is 344 g/mol. The van der Waals surface area contributed by atoms with E-state index in [1.54, 1.807) is 4.90 Å². The van der Waals surface area contributed by atoms with Crippen LogP contribution in [0.3, 0.4) is 0 Å². The highest BCUT2D eigenvalue weighted by atomic mass is 16.4. The summed E-state index contributed by atoms with van der Waals surface area (Å²) >= 11 is 0. The summed E-state index contributed by atoms with van der Waals surface area (Å²) < 4.78 is 1.98. The van der Waals surface area contributed by atoms with Crippen LogP contribution in [0.2, 0.25) is 0 Å². The van der Waals surface area contributed by atoms with Gasteiger partial charge in [-0.2, -0.15) is 0 Å². The summed E-state index contributed by atoms with van der Waals surface area (Å²) in [5.41, 5.74) is 1.37. The molecule has 1 N–H and O–H groups in total. The number of hydrogen-bond donors (Lipinski definition) is 1. The first-order chi connectivity index (χ1) is 11.7. The summed E-state index contributed by atoms with van der Waals surface area (Å²) in [5.74, 6) is -0.176. The second kappa shape index (κ2) is 6.06. The Labute approximate surface area is 146 Å². The lowest BCUT2D eigenvalue weighted by Gasteiger charge is -2.34. The van der Waals surface area contributed by atoms with E-state index in [2.05, 4.69) is 4.98 Å². The fourth-order valence-electron chi connectivity index (χ4n) is 3.47. The van der Waals surface area contributed by atoms with Gasteiger partial charge in [0.25, 0.3) is 0 Å². The quantitative estimate of drug-likeness (QED) is 0.923. The molecular weight excluding hydrogens is 320 g/mol. The van der Waals surface area contributed by atoms with E-state index in [1.807, 2.05) is 56.7 Å². The van der Waals surface area contributed by atoms with E-state index in [-0.39, 0.29) is 6.03 Å². The monoisotopic (exact) mass is 344 g/mol. The number of carbonyl (C=O) groups is 2. The van der Waals surface area contributed by atoms with Crippen LogP contribution in [0.15, 0.2) is 24.3 Å². The first kappa shape index (κ1) is 17.3. The molecule has 25 heavy (non-hydrogen) atoms. The van der Waals surface area contributed by atoms with Gasteiger partial charge in [-0.05, 0) is 17.5 Å². The number of para-hydroxylation sites is 2. The lowest BCUT2D eigenvalue weighted by atomic mass is 9.86.